The zero-order valence-corrected chi connectivity index (χ0v) is 44.3. The summed E-state index contributed by atoms with van der Waals surface area (Å²) in [6.45, 7) is 24.3. The maximum absolute atomic E-state index is 14.6. The second kappa shape index (κ2) is 21.5. The molecule has 0 N–H and O–H groups in total. The molecule has 0 aromatic heterocycles. The van der Waals surface area contributed by atoms with Gasteiger partial charge in [0.15, 0.2) is 19.1 Å². The summed E-state index contributed by atoms with van der Waals surface area (Å²) in [5.41, 5.74) is -0.555. The first-order chi connectivity index (χ1) is 31.3. The number of amides is 1. The molecule has 12 nitrogen and oxygen atoms in total. The fraction of sp³-hybridized carbons (Fsp3) is 0.412. The number of nitrogens with zero attached hydrogens (tertiary/aromatic N) is 2. The average molecular weight is 985 g/mol. The minimum Gasteiger partial charge on any atom is -0.506 e. The highest BCUT2D eigenvalue weighted by Crippen LogP contribution is 2.45. The standard InChI is InChI=1S/C51H64N2O10S2Si2/c1-13-64-44-41(32-33-61-66(11,12)50(5,6)7)43(54)52(44)42(46(56)60-34-35-24-28-37(29-25-35)53(58)59)47(65-48(57)49(2,3)4)62-38-30-26-36(27-31-38)45(55)63-67(51(8,9)10,39-20-16-14-17-21-39)40-22-18-15-19-23-40/h14-31,41,44H,13,32-34H2,1-12H3/t41-,44+/m0/s1. The maximum Gasteiger partial charge on any atom is 0.359 e. The first kappa shape index (κ1) is 53.0. The SMILES string of the molecule is CCS[C@@H]1[C@@H](CCO[Si](C)(C)C(C)(C)C)C(=O)N1C(C(=O)OCc1ccc([N+](=O)[O-])cc1)=C(Oc1ccc(C(=O)O[Si](c2ccccc2)(c2ccccc2)C(C)(C)C)cc1)SC(=O)C(C)(C)C. The van der Waals surface area contributed by atoms with Crippen molar-refractivity contribution in [2.45, 2.75) is 111 Å². The van der Waals surface area contributed by atoms with Gasteiger partial charge >= 0.3 is 20.3 Å². The lowest BCUT2D eigenvalue weighted by molar-refractivity contribution is -0.384. The maximum atomic E-state index is 14.6. The number of nitro groups is 1. The van der Waals surface area contributed by atoms with E-state index < -0.39 is 55.2 Å². The number of carbonyl (C=O) groups is 4. The molecule has 1 aliphatic rings. The van der Waals surface area contributed by atoms with E-state index in [1.165, 1.54) is 40.9 Å². The lowest BCUT2D eigenvalue weighted by atomic mass is 9.94. The number of thioether (sulfide) groups is 2. The highest BCUT2D eigenvalue weighted by molar-refractivity contribution is 8.16. The van der Waals surface area contributed by atoms with Crippen LogP contribution >= 0.6 is 23.5 Å². The zero-order valence-electron chi connectivity index (χ0n) is 40.7. The van der Waals surface area contributed by atoms with E-state index in [4.69, 9.17) is 18.3 Å². The summed E-state index contributed by atoms with van der Waals surface area (Å²) >= 11 is 2.16. The second-order valence-electron chi connectivity index (χ2n) is 20.0. The molecule has 358 valence electrons. The van der Waals surface area contributed by atoms with Crippen LogP contribution in [0.15, 0.2) is 120 Å². The summed E-state index contributed by atoms with van der Waals surface area (Å²) in [7, 11) is -5.39. The van der Waals surface area contributed by atoms with Crippen molar-refractivity contribution in [3.63, 3.8) is 0 Å². The molecule has 1 aliphatic heterocycles. The Morgan fingerprint density at radius 1 is 0.776 bits per heavy atom. The zero-order chi connectivity index (χ0) is 49.5. The molecule has 0 radical (unpaired) electrons. The number of hydrogen-bond acceptors (Lipinski definition) is 12. The summed E-state index contributed by atoms with van der Waals surface area (Å²) in [6.07, 6.45) is 0.417. The van der Waals surface area contributed by atoms with E-state index in [2.05, 4.69) is 54.6 Å². The van der Waals surface area contributed by atoms with Crippen LogP contribution in [0.5, 0.6) is 5.75 Å². The van der Waals surface area contributed by atoms with Gasteiger partial charge in [-0.05, 0) is 99.4 Å². The van der Waals surface area contributed by atoms with Gasteiger partial charge in [-0.3, -0.25) is 24.6 Å². The molecule has 1 saturated heterocycles. The van der Waals surface area contributed by atoms with Gasteiger partial charge in [-0.15, -0.1) is 11.8 Å². The molecule has 0 unspecified atom stereocenters. The van der Waals surface area contributed by atoms with E-state index >= 15 is 0 Å². The molecule has 4 aromatic rings. The Hall–Kier alpha value is -5.01. The summed E-state index contributed by atoms with van der Waals surface area (Å²) in [6, 6.07) is 31.5. The van der Waals surface area contributed by atoms with Gasteiger partial charge in [0, 0.05) is 24.2 Å². The Morgan fingerprint density at radius 2 is 1.33 bits per heavy atom. The third-order valence-electron chi connectivity index (χ3n) is 12.1. The molecule has 1 amide bonds. The molecule has 1 heterocycles. The molecule has 1 fully saturated rings. The van der Waals surface area contributed by atoms with E-state index in [0.29, 0.717) is 36.1 Å². The molecular formula is C51H64N2O10S2Si2. The number of nitro benzene ring substituents is 1. The van der Waals surface area contributed by atoms with Crippen LogP contribution in [0.3, 0.4) is 0 Å². The summed E-state index contributed by atoms with van der Waals surface area (Å²) in [5, 5.41) is 11.7. The van der Waals surface area contributed by atoms with Crippen molar-refractivity contribution >= 4 is 79.2 Å². The van der Waals surface area contributed by atoms with Gasteiger partial charge in [-0.1, -0.05) is 130 Å². The number of rotatable bonds is 18. The third-order valence-corrected chi connectivity index (χ3v) is 24.0. The number of benzene rings is 4. The van der Waals surface area contributed by atoms with E-state index in [9.17, 15) is 29.3 Å². The summed E-state index contributed by atoms with van der Waals surface area (Å²) in [4.78, 5) is 69.4. The predicted molar refractivity (Wildman–Crippen MR) is 272 cm³/mol. The number of ether oxygens (including phenoxy) is 2. The van der Waals surface area contributed by atoms with Crippen LogP contribution in [0.4, 0.5) is 5.69 Å². The number of β-lactam (4-membered cyclic amide) rings is 1. The van der Waals surface area contributed by atoms with Gasteiger partial charge in [0.05, 0.1) is 21.8 Å². The van der Waals surface area contributed by atoms with Gasteiger partial charge in [-0.2, -0.15) is 0 Å². The van der Waals surface area contributed by atoms with Crippen LogP contribution in [0, 0.1) is 21.4 Å². The molecule has 16 heteroatoms. The topological polar surface area (TPSA) is 152 Å². The Morgan fingerprint density at radius 3 is 1.81 bits per heavy atom. The molecule has 0 saturated carbocycles. The van der Waals surface area contributed by atoms with Gasteiger partial charge in [0.2, 0.25) is 11.0 Å². The first-order valence-corrected chi connectivity index (χ1v) is 29.1. The lowest BCUT2D eigenvalue weighted by Crippen LogP contribution is -2.67. The van der Waals surface area contributed by atoms with Gasteiger partial charge in [0.25, 0.3) is 5.69 Å². The highest BCUT2D eigenvalue weighted by Gasteiger charge is 2.54. The molecule has 4 aromatic carbocycles. The largest absolute Gasteiger partial charge is 0.506 e. The van der Waals surface area contributed by atoms with Crippen LogP contribution in [-0.2, 0) is 34.6 Å². The molecule has 0 aliphatic carbocycles. The van der Waals surface area contributed by atoms with Gasteiger partial charge < -0.3 is 18.3 Å². The van der Waals surface area contributed by atoms with E-state index in [1.54, 1.807) is 45.0 Å². The number of hydrogen-bond donors (Lipinski definition) is 0. The molecule has 2 atom stereocenters. The van der Waals surface area contributed by atoms with Crippen molar-refractivity contribution < 1.29 is 42.4 Å². The van der Waals surface area contributed by atoms with Crippen LogP contribution in [0.2, 0.25) is 23.2 Å². The minimum atomic E-state index is -3.26. The smallest absolute Gasteiger partial charge is 0.359 e. The number of likely N-dealkylation sites (tertiary alicyclic amines) is 1. The van der Waals surface area contributed by atoms with E-state index in [1.807, 2.05) is 67.6 Å². The van der Waals surface area contributed by atoms with Crippen molar-refractivity contribution in [3.8, 4) is 5.75 Å². The van der Waals surface area contributed by atoms with E-state index in [-0.39, 0.29) is 50.5 Å². The number of carbonyl (C=O) groups excluding carboxylic acids is 4. The molecule has 67 heavy (non-hydrogen) atoms. The molecule has 0 bridgehead atoms. The monoisotopic (exact) mass is 984 g/mol. The fourth-order valence-electron chi connectivity index (χ4n) is 7.23. The number of non-ortho nitro benzene ring substituents is 1. The van der Waals surface area contributed by atoms with Crippen LogP contribution in [-0.4, -0.2) is 67.2 Å². The Labute approximate surface area is 406 Å². The second-order valence-corrected chi connectivity index (χ2v) is 31.4. The van der Waals surface area contributed by atoms with Crippen molar-refractivity contribution in [1.82, 2.24) is 4.90 Å². The molecule has 0 spiro atoms. The van der Waals surface area contributed by atoms with Crippen LogP contribution in [0.25, 0.3) is 0 Å². The van der Waals surface area contributed by atoms with Crippen LogP contribution < -0.4 is 15.1 Å². The van der Waals surface area contributed by atoms with Crippen molar-refractivity contribution in [2.24, 2.45) is 11.3 Å². The lowest BCUT2D eigenvalue weighted by Gasteiger charge is -2.47. The summed E-state index contributed by atoms with van der Waals surface area (Å²) < 4.78 is 25.6. The Bertz CT molecular complexity index is 2390. The minimum absolute atomic E-state index is 0.0335. The van der Waals surface area contributed by atoms with Crippen molar-refractivity contribution in [2.75, 3.05) is 12.4 Å². The van der Waals surface area contributed by atoms with Gasteiger partial charge in [-0.25, -0.2) is 9.59 Å². The quantitative estimate of drug-likeness (QED) is 0.0177. The average Bonchev–Trinajstić information content (AvgIpc) is 3.27. The van der Waals surface area contributed by atoms with Crippen molar-refractivity contribution in [3.05, 3.63) is 141 Å². The first-order valence-electron chi connectivity index (χ1n) is 22.4. The molecule has 5 rings (SSSR count). The third kappa shape index (κ3) is 12.4. The normalized spacial score (nSPS) is 16.1. The van der Waals surface area contributed by atoms with Crippen molar-refractivity contribution in [1.29, 1.82) is 0 Å². The molecular weight excluding hydrogens is 921 g/mol. The Kier molecular flexibility index (Phi) is 17.0. The van der Waals surface area contributed by atoms with Gasteiger partial charge in [0.1, 0.15) is 12.4 Å². The fourth-order valence-corrected chi connectivity index (χ4v) is 14.7. The van der Waals surface area contributed by atoms with Crippen LogP contribution in [0.1, 0.15) is 91.6 Å². The summed E-state index contributed by atoms with van der Waals surface area (Å²) in [5.74, 6) is -1.53. The predicted octanol–water partition coefficient (Wildman–Crippen LogP) is 10.9. The number of esters is 1. The highest BCUT2D eigenvalue weighted by atomic mass is 32.2. The Balaban J connectivity index is 1.55. The van der Waals surface area contributed by atoms with E-state index in [0.717, 1.165) is 10.4 Å².